The minimum atomic E-state index is -5.02. The quantitative estimate of drug-likeness (QED) is 0.536. The summed E-state index contributed by atoms with van der Waals surface area (Å²) >= 11 is 0. The van der Waals surface area contributed by atoms with E-state index in [1.54, 1.807) is 0 Å². The highest BCUT2D eigenvalue weighted by atomic mass is 19.4. The zero-order chi connectivity index (χ0) is 13.4. The number of rotatable bonds is 0. The van der Waals surface area contributed by atoms with Crippen LogP contribution in [0.1, 0.15) is 16.7 Å². The van der Waals surface area contributed by atoms with E-state index in [1.165, 1.54) is 0 Å². The second kappa shape index (κ2) is 3.83. The number of benzene rings is 1. The Kier molecular flexibility index (Phi) is 2.84. The zero-order valence-corrected chi connectivity index (χ0v) is 8.06. The highest BCUT2D eigenvalue weighted by Gasteiger charge is 2.40. The SMILES string of the molecule is N#Cc1c(N)c(F)c(N)c(C#N)c1C(F)(F)F. The molecule has 17 heavy (non-hydrogen) atoms. The van der Waals surface area contributed by atoms with Crippen LogP contribution in [0.3, 0.4) is 0 Å². The highest BCUT2D eigenvalue weighted by Crippen LogP contribution is 2.40. The summed E-state index contributed by atoms with van der Waals surface area (Å²) in [7, 11) is 0. The average Bonchev–Trinajstić information content (AvgIpc) is 2.24. The number of nitriles is 2. The third-order valence-corrected chi connectivity index (χ3v) is 2.02. The molecular formula is C9H4F4N4. The average molecular weight is 244 g/mol. The minimum Gasteiger partial charge on any atom is -0.395 e. The number of nitrogen functional groups attached to an aromatic ring is 2. The number of hydrogen-bond acceptors (Lipinski definition) is 4. The van der Waals surface area contributed by atoms with E-state index in [2.05, 4.69) is 0 Å². The maximum atomic E-state index is 13.3. The number of halogens is 4. The normalized spacial score (nSPS) is 10.7. The van der Waals surface area contributed by atoms with Crippen molar-refractivity contribution in [1.82, 2.24) is 0 Å². The van der Waals surface area contributed by atoms with Crippen molar-refractivity contribution in [3.8, 4) is 12.1 Å². The molecule has 0 radical (unpaired) electrons. The molecule has 4 nitrogen and oxygen atoms in total. The van der Waals surface area contributed by atoms with Gasteiger partial charge in [0, 0.05) is 0 Å². The summed E-state index contributed by atoms with van der Waals surface area (Å²) in [6.45, 7) is 0. The predicted octanol–water partition coefficient (Wildman–Crippen LogP) is 1.75. The van der Waals surface area contributed by atoms with E-state index in [0.29, 0.717) is 0 Å². The third-order valence-electron chi connectivity index (χ3n) is 2.02. The van der Waals surface area contributed by atoms with Crippen molar-refractivity contribution in [2.24, 2.45) is 0 Å². The van der Waals surface area contributed by atoms with Gasteiger partial charge in [-0.2, -0.15) is 23.7 Å². The number of alkyl halides is 3. The molecule has 0 bridgehead atoms. The molecule has 0 saturated carbocycles. The zero-order valence-electron chi connectivity index (χ0n) is 8.06. The number of nitrogens with two attached hydrogens (primary N) is 2. The summed E-state index contributed by atoms with van der Waals surface area (Å²) in [5.41, 5.74) is 4.13. The molecule has 0 saturated heterocycles. The summed E-state index contributed by atoms with van der Waals surface area (Å²) in [5.74, 6) is -1.40. The predicted molar refractivity (Wildman–Crippen MR) is 49.7 cm³/mol. The van der Waals surface area contributed by atoms with Gasteiger partial charge in [0.2, 0.25) is 0 Å². The summed E-state index contributed by atoms with van der Waals surface area (Å²) < 4.78 is 51.2. The van der Waals surface area contributed by atoms with Crippen molar-refractivity contribution >= 4 is 11.4 Å². The van der Waals surface area contributed by atoms with Gasteiger partial charge >= 0.3 is 6.18 Å². The Hall–Kier alpha value is -2.48. The van der Waals surface area contributed by atoms with Crippen molar-refractivity contribution < 1.29 is 17.6 Å². The monoisotopic (exact) mass is 244 g/mol. The second-order valence-corrected chi connectivity index (χ2v) is 2.99. The maximum absolute atomic E-state index is 13.3. The fraction of sp³-hybridized carbons (Fsp3) is 0.111. The molecule has 0 aliphatic carbocycles. The number of hydrogen-bond donors (Lipinski definition) is 2. The van der Waals surface area contributed by atoms with Crippen LogP contribution in [-0.2, 0) is 6.18 Å². The van der Waals surface area contributed by atoms with Gasteiger partial charge in [0.15, 0.2) is 5.82 Å². The van der Waals surface area contributed by atoms with Gasteiger partial charge < -0.3 is 11.5 Å². The van der Waals surface area contributed by atoms with Crippen LogP contribution in [0.5, 0.6) is 0 Å². The van der Waals surface area contributed by atoms with Crippen LogP contribution in [0, 0.1) is 28.5 Å². The largest absolute Gasteiger partial charge is 0.419 e. The summed E-state index contributed by atoms with van der Waals surface area (Å²) in [4.78, 5) is 0. The first-order valence-corrected chi connectivity index (χ1v) is 4.03. The molecule has 0 heterocycles. The Morgan fingerprint density at radius 1 is 0.941 bits per heavy atom. The van der Waals surface area contributed by atoms with E-state index in [-0.39, 0.29) is 0 Å². The molecule has 0 aliphatic heterocycles. The summed E-state index contributed by atoms with van der Waals surface area (Å²) in [5, 5.41) is 17.1. The molecule has 0 unspecified atom stereocenters. The van der Waals surface area contributed by atoms with Crippen molar-refractivity contribution in [2.45, 2.75) is 6.18 Å². The highest BCUT2D eigenvalue weighted by molar-refractivity contribution is 5.74. The fourth-order valence-electron chi connectivity index (χ4n) is 1.27. The van der Waals surface area contributed by atoms with Crippen LogP contribution < -0.4 is 11.5 Å². The Morgan fingerprint density at radius 3 is 1.53 bits per heavy atom. The second-order valence-electron chi connectivity index (χ2n) is 2.99. The first-order valence-electron chi connectivity index (χ1n) is 4.03. The van der Waals surface area contributed by atoms with Gasteiger partial charge in [-0.05, 0) is 0 Å². The number of anilines is 2. The molecular weight excluding hydrogens is 240 g/mol. The van der Waals surface area contributed by atoms with Crippen LogP contribution in [0.4, 0.5) is 28.9 Å². The van der Waals surface area contributed by atoms with E-state index >= 15 is 0 Å². The minimum absolute atomic E-state index is 1.02. The van der Waals surface area contributed by atoms with E-state index in [4.69, 9.17) is 22.0 Å². The molecule has 0 atom stereocenters. The maximum Gasteiger partial charge on any atom is 0.419 e. The first-order chi connectivity index (χ1) is 7.75. The van der Waals surface area contributed by atoms with Crippen LogP contribution in [0.2, 0.25) is 0 Å². The van der Waals surface area contributed by atoms with Gasteiger partial charge in [0.25, 0.3) is 0 Å². The Labute approximate surface area is 92.7 Å². The van der Waals surface area contributed by atoms with Crippen LogP contribution in [0.25, 0.3) is 0 Å². The van der Waals surface area contributed by atoms with Gasteiger partial charge in [-0.25, -0.2) is 4.39 Å². The molecule has 88 valence electrons. The lowest BCUT2D eigenvalue weighted by molar-refractivity contribution is -0.137. The molecule has 0 amide bonds. The van der Waals surface area contributed by atoms with Crippen LogP contribution >= 0.6 is 0 Å². The molecule has 1 aromatic carbocycles. The van der Waals surface area contributed by atoms with Gasteiger partial charge in [0.1, 0.15) is 12.1 Å². The third kappa shape index (κ3) is 1.81. The van der Waals surface area contributed by atoms with Crippen LogP contribution in [0.15, 0.2) is 0 Å². The van der Waals surface area contributed by atoms with E-state index in [0.717, 1.165) is 12.1 Å². The topological polar surface area (TPSA) is 99.6 Å². The van der Waals surface area contributed by atoms with Crippen molar-refractivity contribution in [3.63, 3.8) is 0 Å². The summed E-state index contributed by atoms with van der Waals surface area (Å²) in [6, 6.07) is 2.24. The Morgan fingerprint density at radius 2 is 1.29 bits per heavy atom. The number of nitrogens with zero attached hydrogens (tertiary/aromatic N) is 2. The van der Waals surface area contributed by atoms with Gasteiger partial charge in [-0.1, -0.05) is 0 Å². The van der Waals surface area contributed by atoms with Gasteiger partial charge in [-0.3, -0.25) is 0 Å². The molecule has 8 heteroatoms. The summed E-state index contributed by atoms with van der Waals surface area (Å²) in [6.07, 6.45) is -5.02. The lowest BCUT2D eigenvalue weighted by Gasteiger charge is -2.14. The van der Waals surface area contributed by atoms with E-state index < -0.39 is 40.1 Å². The van der Waals surface area contributed by atoms with Crippen molar-refractivity contribution in [3.05, 3.63) is 22.5 Å². The lowest BCUT2D eigenvalue weighted by atomic mass is 9.97. The molecule has 0 aromatic heterocycles. The van der Waals surface area contributed by atoms with E-state index in [1.807, 2.05) is 0 Å². The Balaban J connectivity index is 3.94. The Bertz CT molecular complexity index is 521. The van der Waals surface area contributed by atoms with Gasteiger partial charge in [0.05, 0.1) is 28.1 Å². The standard InChI is InChI=1S/C9H4F4N4/c10-6-7(16)3(1-14)5(9(11,12)13)4(2-15)8(6)17/h16-17H2. The molecule has 0 fully saturated rings. The lowest BCUT2D eigenvalue weighted by Crippen LogP contribution is -2.16. The molecule has 1 rings (SSSR count). The first kappa shape index (κ1) is 12.6. The van der Waals surface area contributed by atoms with Crippen molar-refractivity contribution in [1.29, 1.82) is 10.5 Å². The smallest absolute Gasteiger partial charge is 0.395 e. The van der Waals surface area contributed by atoms with Crippen molar-refractivity contribution in [2.75, 3.05) is 11.5 Å². The molecule has 0 aliphatic rings. The molecule has 4 N–H and O–H groups in total. The van der Waals surface area contributed by atoms with Crippen LogP contribution in [-0.4, -0.2) is 0 Å². The molecule has 1 aromatic rings. The molecule has 0 spiro atoms. The van der Waals surface area contributed by atoms with E-state index in [9.17, 15) is 17.6 Å². The van der Waals surface area contributed by atoms with Gasteiger partial charge in [-0.15, -0.1) is 0 Å². The fourth-order valence-corrected chi connectivity index (χ4v) is 1.27.